The highest BCUT2D eigenvalue weighted by Crippen LogP contribution is 2.24. The number of rotatable bonds is 5. The van der Waals surface area contributed by atoms with Crippen molar-refractivity contribution in [3.63, 3.8) is 0 Å². The fourth-order valence-corrected chi connectivity index (χ4v) is 2.43. The fourth-order valence-electron chi connectivity index (χ4n) is 2.18. The Morgan fingerprint density at radius 1 is 1.32 bits per heavy atom. The van der Waals surface area contributed by atoms with Gasteiger partial charge in [-0.05, 0) is 35.7 Å². The minimum Gasteiger partial charge on any atom is -0.468 e. The van der Waals surface area contributed by atoms with Crippen LogP contribution in [0.4, 0.5) is 4.39 Å². The molecule has 0 fully saturated rings. The Hall–Kier alpha value is -1.91. The minimum atomic E-state index is -0.677. The zero-order valence-electron chi connectivity index (χ0n) is 12.4. The molecule has 116 valence electrons. The normalized spacial score (nSPS) is 12.0. The van der Waals surface area contributed by atoms with E-state index in [0.717, 1.165) is 5.56 Å². The molecule has 1 unspecified atom stereocenters. The average molecular weight is 322 g/mol. The van der Waals surface area contributed by atoms with Crippen LogP contribution < -0.4 is 5.32 Å². The lowest BCUT2D eigenvalue weighted by atomic mass is 10.1. The van der Waals surface area contributed by atoms with E-state index >= 15 is 0 Å². The van der Waals surface area contributed by atoms with Crippen molar-refractivity contribution in [1.82, 2.24) is 5.32 Å². The molecule has 2 aromatic rings. The van der Waals surface area contributed by atoms with Crippen LogP contribution in [0, 0.1) is 12.7 Å². The molecule has 0 spiro atoms. The molecule has 5 heteroatoms. The van der Waals surface area contributed by atoms with E-state index in [0.29, 0.717) is 22.7 Å². The lowest BCUT2D eigenvalue weighted by Crippen LogP contribution is -2.29. The van der Waals surface area contributed by atoms with Gasteiger partial charge in [0.05, 0.1) is 7.11 Å². The van der Waals surface area contributed by atoms with E-state index in [1.165, 1.54) is 13.2 Å². The molecule has 0 aliphatic heterocycles. The Kier molecular flexibility index (Phi) is 5.52. The van der Waals surface area contributed by atoms with E-state index in [1.54, 1.807) is 43.3 Å². The van der Waals surface area contributed by atoms with Gasteiger partial charge in [-0.3, -0.25) is 5.32 Å². The number of esters is 1. The molecule has 1 N–H and O–H groups in total. The summed E-state index contributed by atoms with van der Waals surface area (Å²) in [5, 5.41) is 3.60. The first-order chi connectivity index (χ1) is 10.5. The van der Waals surface area contributed by atoms with Gasteiger partial charge in [-0.1, -0.05) is 41.9 Å². The highest BCUT2D eigenvalue weighted by atomic mass is 35.5. The topological polar surface area (TPSA) is 38.3 Å². The molecule has 2 aromatic carbocycles. The summed E-state index contributed by atoms with van der Waals surface area (Å²) in [5.41, 5.74) is 2.08. The first-order valence-corrected chi connectivity index (χ1v) is 7.21. The molecule has 3 nitrogen and oxygen atoms in total. The third kappa shape index (κ3) is 3.84. The molecule has 22 heavy (non-hydrogen) atoms. The van der Waals surface area contributed by atoms with Gasteiger partial charge in [0.2, 0.25) is 0 Å². The number of hydrogen-bond acceptors (Lipinski definition) is 3. The van der Waals surface area contributed by atoms with Gasteiger partial charge in [-0.2, -0.15) is 0 Å². The van der Waals surface area contributed by atoms with Crippen molar-refractivity contribution in [2.75, 3.05) is 7.11 Å². The molecule has 0 bridgehead atoms. The largest absolute Gasteiger partial charge is 0.468 e. The summed E-state index contributed by atoms with van der Waals surface area (Å²) in [7, 11) is 1.33. The molecule has 0 heterocycles. The van der Waals surface area contributed by atoms with Crippen molar-refractivity contribution in [1.29, 1.82) is 0 Å². The number of carbonyl (C=O) groups excluding carboxylic acids is 1. The molecular weight excluding hydrogens is 305 g/mol. The van der Waals surface area contributed by atoms with Crippen molar-refractivity contribution in [3.8, 4) is 0 Å². The van der Waals surface area contributed by atoms with E-state index in [9.17, 15) is 9.18 Å². The smallest absolute Gasteiger partial charge is 0.327 e. The Bertz CT molecular complexity index is 675. The van der Waals surface area contributed by atoms with Crippen LogP contribution in [0.15, 0.2) is 42.5 Å². The zero-order valence-corrected chi connectivity index (χ0v) is 13.2. The highest BCUT2D eigenvalue weighted by molar-refractivity contribution is 6.31. The monoisotopic (exact) mass is 321 g/mol. The first-order valence-electron chi connectivity index (χ1n) is 6.83. The summed E-state index contributed by atoms with van der Waals surface area (Å²) >= 11 is 6.15. The van der Waals surface area contributed by atoms with E-state index in [2.05, 4.69) is 5.32 Å². The number of benzene rings is 2. The van der Waals surface area contributed by atoms with Gasteiger partial charge in [0.15, 0.2) is 0 Å². The van der Waals surface area contributed by atoms with E-state index < -0.39 is 12.0 Å². The van der Waals surface area contributed by atoms with Crippen LogP contribution in [0.2, 0.25) is 5.02 Å². The maximum atomic E-state index is 13.3. The number of nitrogens with one attached hydrogen (secondary N) is 1. The van der Waals surface area contributed by atoms with Gasteiger partial charge < -0.3 is 4.74 Å². The molecule has 0 aliphatic carbocycles. The van der Waals surface area contributed by atoms with E-state index in [1.807, 2.05) is 0 Å². The number of halogens is 2. The third-order valence-electron chi connectivity index (χ3n) is 3.39. The van der Waals surface area contributed by atoms with Crippen LogP contribution in [0.5, 0.6) is 0 Å². The van der Waals surface area contributed by atoms with Crippen LogP contribution in [0.25, 0.3) is 0 Å². The number of hydrogen-bond donors (Lipinski definition) is 1. The van der Waals surface area contributed by atoms with Gasteiger partial charge >= 0.3 is 5.97 Å². The van der Waals surface area contributed by atoms with Gasteiger partial charge in [-0.25, -0.2) is 9.18 Å². The second kappa shape index (κ2) is 7.38. The van der Waals surface area contributed by atoms with Gasteiger partial charge in [0.1, 0.15) is 11.9 Å². The molecule has 0 saturated carbocycles. The number of carbonyl (C=O) groups is 1. The molecule has 1 atom stereocenters. The molecule has 0 amide bonds. The maximum Gasteiger partial charge on any atom is 0.327 e. The van der Waals surface area contributed by atoms with Crippen molar-refractivity contribution in [2.24, 2.45) is 0 Å². The van der Waals surface area contributed by atoms with Gasteiger partial charge in [-0.15, -0.1) is 0 Å². The minimum absolute atomic E-state index is 0.251. The molecule has 0 aliphatic rings. The average Bonchev–Trinajstić information content (AvgIpc) is 2.52. The summed E-state index contributed by atoms with van der Waals surface area (Å²) in [6.07, 6.45) is 0. The Morgan fingerprint density at radius 3 is 2.68 bits per heavy atom. The van der Waals surface area contributed by atoms with Crippen LogP contribution in [0.3, 0.4) is 0 Å². The SMILES string of the molecule is COC(=O)C(NCc1ccc(F)c(C)c1)c1ccccc1Cl. The Labute approximate surface area is 134 Å². The standard InChI is InChI=1S/C17H17ClFNO2/c1-11-9-12(7-8-15(11)19)10-20-16(17(21)22-2)13-5-3-4-6-14(13)18/h3-9,16,20H,10H2,1-2H3. The summed E-state index contributed by atoms with van der Waals surface area (Å²) < 4.78 is 18.1. The van der Waals surface area contributed by atoms with Gasteiger partial charge in [0.25, 0.3) is 0 Å². The molecule has 0 aromatic heterocycles. The van der Waals surface area contributed by atoms with Crippen molar-refractivity contribution in [3.05, 3.63) is 70.0 Å². The molecule has 0 saturated heterocycles. The highest BCUT2D eigenvalue weighted by Gasteiger charge is 2.23. The van der Waals surface area contributed by atoms with Crippen LogP contribution in [-0.4, -0.2) is 13.1 Å². The van der Waals surface area contributed by atoms with Crippen molar-refractivity contribution >= 4 is 17.6 Å². The van der Waals surface area contributed by atoms with Crippen LogP contribution in [-0.2, 0) is 16.1 Å². The summed E-state index contributed by atoms with van der Waals surface area (Å²) in [5.74, 6) is -0.675. The van der Waals surface area contributed by atoms with Gasteiger partial charge in [0, 0.05) is 11.6 Å². The predicted molar refractivity (Wildman–Crippen MR) is 84.2 cm³/mol. The fraction of sp³-hybridized carbons (Fsp3) is 0.235. The number of methoxy groups -OCH3 is 1. The van der Waals surface area contributed by atoms with Crippen molar-refractivity contribution < 1.29 is 13.9 Å². The van der Waals surface area contributed by atoms with Crippen molar-refractivity contribution in [2.45, 2.75) is 19.5 Å². The summed E-state index contributed by atoms with van der Waals surface area (Å²) in [4.78, 5) is 12.0. The summed E-state index contributed by atoms with van der Waals surface area (Å²) in [6, 6.07) is 11.2. The number of ether oxygens (including phenoxy) is 1. The third-order valence-corrected chi connectivity index (χ3v) is 3.73. The lowest BCUT2D eigenvalue weighted by Gasteiger charge is -2.18. The molecular formula is C17H17ClFNO2. The zero-order chi connectivity index (χ0) is 16.1. The van der Waals surface area contributed by atoms with E-state index in [4.69, 9.17) is 16.3 Å². The molecule has 2 rings (SSSR count). The first kappa shape index (κ1) is 16.5. The molecule has 0 radical (unpaired) electrons. The van der Waals surface area contributed by atoms with Crippen LogP contribution >= 0.6 is 11.6 Å². The maximum absolute atomic E-state index is 13.3. The Morgan fingerprint density at radius 2 is 2.05 bits per heavy atom. The second-order valence-electron chi connectivity index (χ2n) is 4.94. The lowest BCUT2D eigenvalue weighted by molar-refractivity contribution is -0.143. The second-order valence-corrected chi connectivity index (χ2v) is 5.35. The summed E-state index contributed by atoms with van der Waals surface area (Å²) in [6.45, 7) is 2.09. The quantitative estimate of drug-likeness (QED) is 0.851. The van der Waals surface area contributed by atoms with E-state index in [-0.39, 0.29) is 5.82 Å². The predicted octanol–water partition coefficient (Wildman–Crippen LogP) is 3.79. The number of aryl methyl sites for hydroxylation is 1. The Balaban J connectivity index is 2.19. The van der Waals surface area contributed by atoms with Crippen LogP contribution in [0.1, 0.15) is 22.7 Å².